The molecule has 70 valence electrons. The van der Waals surface area contributed by atoms with E-state index in [1.165, 1.54) is 7.11 Å². The van der Waals surface area contributed by atoms with Crippen molar-refractivity contribution in [2.45, 2.75) is 26.8 Å². The third-order valence-corrected chi connectivity index (χ3v) is 1.79. The molecule has 1 unspecified atom stereocenters. The monoisotopic (exact) mass is 171 g/mol. The van der Waals surface area contributed by atoms with Gasteiger partial charge in [0.05, 0.1) is 0 Å². The maximum absolute atomic E-state index is 11.0. The fraction of sp³-hybridized carbons (Fsp3) is 0.667. The van der Waals surface area contributed by atoms with Crippen LogP contribution in [0.2, 0.25) is 0 Å². The Morgan fingerprint density at radius 3 is 2.67 bits per heavy atom. The van der Waals surface area contributed by atoms with Crippen LogP contribution in [0.15, 0.2) is 11.6 Å². The van der Waals surface area contributed by atoms with Crippen LogP contribution in [0.3, 0.4) is 0 Å². The van der Waals surface area contributed by atoms with Crippen LogP contribution >= 0.6 is 0 Å². The number of hydrogen-bond acceptors (Lipinski definition) is 2. The minimum atomic E-state index is -0.0776. The maximum Gasteiger partial charge on any atom is 0.246 e. The first kappa shape index (κ1) is 11.2. The smallest absolute Gasteiger partial charge is 0.246 e. The van der Waals surface area contributed by atoms with Crippen molar-refractivity contribution >= 4 is 5.91 Å². The van der Waals surface area contributed by atoms with Gasteiger partial charge in [0.2, 0.25) is 5.91 Å². The van der Waals surface area contributed by atoms with Gasteiger partial charge in [0.15, 0.2) is 0 Å². The topological polar surface area (TPSA) is 38.3 Å². The number of rotatable bonds is 4. The van der Waals surface area contributed by atoms with Gasteiger partial charge in [0.25, 0.3) is 0 Å². The predicted molar refractivity (Wildman–Crippen MR) is 48.9 cm³/mol. The van der Waals surface area contributed by atoms with Gasteiger partial charge in [-0.3, -0.25) is 4.79 Å². The number of methoxy groups -OCH3 is 1. The Hall–Kier alpha value is -0.830. The molecule has 0 aliphatic heterocycles. The Kier molecular flexibility index (Phi) is 5.37. The molecule has 1 N–H and O–H groups in total. The number of carbonyl (C=O) groups excluding carboxylic acids is 1. The molecule has 0 aliphatic rings. The Labute approximate surface area is 73.8 Å². The van der Waals surface area contributed by atoms with Crippen LogP contribution in [0.25, 0.3) is 0 Å². The van der Waals surface area contributed by atoms with Crippen LogP contribution in [-0.4, -0.2) is 25.7 Å². The minimum Gasteiger partial charge on any atom is -0.375 e. The van der Waals surface area contributed by atoms with Crippen LogP contribution in [0.5, 0.6) is 0 Å². The van der Waals surface area contributed by atoms with Crippen molar-refractivity contribution in [1.82, 2.24) is 5.32 Å². The highest BCUT2D eigenvalue weighted by atomic mass is 16.5. The Morgan fingerprint density at radius 2 is 2.25 bits per heavy atom. The zero-order chi connectivity index (χ0) is 9.56. The molecule has 0 aliphatic carbocycles. The second-order valence-electron chi connectivity index (χ2n) is 2.75. The molecule has 0 bridgehead atoms. The Balaban J connectivity index is 3.84. The van der Waals surface area contributed by atoms with Gasteiger partial charge in [-0.1, -0.05) is 11.6 Å². The zero-order valence-corrected chi connectivity index (χ0v) is 8.18. The number of ether oxygens (including phenoxy) is 1. The lowest BCUT2D eigenvalue weighted by Gasteiger charge is -2.13. The molecule has 0 saturated heterocycles. The van der Waals surface area contributed by atoms with Crippen LogP contribution in [0.4, 0.5) is 0 Å². The summed E-state index contributed by atoms with van der Waals surface area (Å²) in [7, 11) is 1.51. The van der Waals surface area contributed by atoms with Crippen molar-refractivity contribution in [3.8, 4) is 0 Å². The summed E-state index contributed by atoms with van der Waals surface area (Å²) >= 11 is 0. The van der Waals surface area contributed by atoms with Crippen molar-refractivity contribution in [2.24, 2.45) is 0 Å². The second-order valence-corrected chi connectivity index (χ2v) is 2.75. The predicted octanol–water partition coefficient (Wildman–Crippen LogP) is 1.10. The molecule has 0 fully saturated rings. The normalized spacial score (nSPS) is 14.2. The summed E-state index contributed by atoms with van der Waals surface area (Å²) in [6.45, 7) is 6.01. The van der Waals surface area contributed by atoms with Crippen LogP contribution < -0.4 is 5.32 Å². The Bertz CT molecular complexity index is 175. The van der Waals surface area contributed by atoms with Gasteiger partial charge in [-0.2, -0.15) is 0 Å². The molecule has 1 amide bonds. The molecule has 12 heavy (non-hydrogen) atoms. The number of hydrogen-bond donors (Lipinski definition) is 1. The summed E-state index contributed by atoms with van der Waals surface area (Å²) in [5.41, 5.74) is 1.15. The van der Waals surface area contributed by atoms with Crippen molar-refractivity contribution in [3.63, 3.8) is 0 Å². The van der Waals surface area contributed by atoms with Crippen molar-refractivity contribution in [2.75, 3.05) is 13.7 Å². The quantitative estimate of drug-likeness (QED) is 0.643. The molecule has 0 aromatic rings. The van der Waals surface area contributed by atoms with Gasteiger partial charge >= 0.3 is 0 Å². The molecule has 0 aromatic heterocycles. The van der Waals surface area contributed by atoms with E-state index >= 15 is 0 Å². The largest absolute Gasteiger partial charge is 0.375 e. The van der Waals surface area contributed by atoms with Gasteiger partial charge in [-0.25, -0.2) is 0 Å². The van der Waals surface area contributed by atoms with Crippen molar-refractivity contribution < 1.29 is 9.53 Å². The van der Waals surface area contributed by atoms with Gasteiger partial charge in [0, 0.05) is 13.2 Å². The first-order valence-electron chi connectivity index (χ1n) is 4.03. The molecular formula is C9H17NO2. The van der Waals surface area contributed by atoms with E-state index in [0.717, 1.165) is 5.57 Å². The van der Waals surface area contributed by atoms with Gasteiger partial charge in [-0.05, 0) is 20.8 Å². The van der Waals surface area contributed by atoms with Crippen LogP contribution in [0.1, 0.15) is 20.8 Å². The van der Waals surface area contributed by atoms with E-state index in [9.17, 15) is 4.79 Å². The first-order chi connectivity index (χ1) is 5.61. The lowest BCUT2D eigenvalue weighted by molar-refractivity contribution is -0.125. The fourth-order valence-electron chi connectivity index (χ4n) is 0.778. The molecule has 3 nitrogen and oxygen atoms in total. The van der Waals surface area contributed by atoms with Crippen LogP contribution in [0, 0.1) is 0 Å². The van der Waals surface area contributed by atoms with E-state index in [0.29, 0.717) is 0 Å². The molecular weight excluding hydrogens is 154 g/mol. The maximum atomic E-state index is 11.0. The van der Waals surface area contributed by atoms with E-state index in [2.05, 4.69) is 10.1 Å². The van der Waals surface area contributed by atoms with Crippen LogP contribution in [-0.2, 0) is 9.53 Å². The summed E-state index contributed by atoms with van der Waals surface area (Å²) in [4.78, 5) is 11.0. The fourth-order valence-corrected chi connectivity index (χ4v) is 0.778. The van der Waals surface area contributed by atoms with E-state index < -0.39 is 0 Å². The highest BCUT2D eigenvalue weighted by Crippen LogP contribution is 1.98. The molecule has 0 saturated carbocycles. The van der Waals surface area contributed by atoms with Gasteiger partial charge in [-0.15, -0.1) is 0 Å². The SMILES string of the molecule is CC=C(C)C(C)NC(=O)COC. The van der Waals surface area contributed by atoms with Gasteiger partial charge < -0.3 is 10.1 Å². The third-order valence-electron chi connectivity index (χ3n) is 1.79. The standard InChI is InChI=1S/C9H17NO2/c1-5-7(2)8(3)10-9(11)6-12-4/h5,8H,6H2,1-4H3,(H,10,11). The molecule has 0 radical (unpaired) electrons. The van der Waals surface area contributed by atoms with E-state index in [-0.39, 0.29) is 18.6 Å². The number of nitrogens with one attached hydrogen (secondary N) is 1. The third kappa shape index (κ3) is 4.13. The highest BCUT2D eigenvalue weighted by Gasteiger charge is 2.06. The first-order valence-corrected chi connectivity index (χ1v) is 4.03. The molecule has 0 aromatic carbocycles. The summed E-state index contributed by atoms with van der Waals surface area (Å²) in [6, 6.07) is 0.0950. The number of carbonyl (C=O) groups is 1. The number of allylic oxidation sites excluding steroid dienone is 1. The van der Waals surface area contributed by atoms with E-state index in [1.54, 1.807) is 0 Å². The summed E-state index contributed by atoms with van der Waals surface area (Å²) < 4.78 is 4.69. The lowest BCUT2D eigenvalue weighted by atomic mass is 10.1. The van der Waals surface area contributed by atoms with Gasteiger partial charge in [0.1, 0.15) is 6.61 Å². The molecule has 0 spiro atoms. The summed E-state index contributed by atoms with van der Waals surface area (Å²) in [6.07, 6.45) is 1.98. The molecule has 0 rings (SSSR count). The lowest BCUT2D eigenvalue weighted by Crippen LogP contribution is -2.35. The summed E-state index contributed by atoms with van der Waals surface area (Å²) in [5.74, 6) is -0.0776. The van der Waals surface area contributed by atoms with E-state index in [1.807, 2.05) is 26.8 Å². The highest BCUT2D eigenvalue weighted by molar-refractivity contribution is 5.77. The molecule has 1 atom stereocenters. The average molecular weight is 171 g/mol. The Morgan fingerprint density at radius 1 is 1.67 bits per heavy atom. The molecule has 0 heterocycles. The van der Waals surface area contributed by atoms with Crippen molar-refractivity contribution in [1.29, 1.82) is 0 Å². The second kappa shape index (κ2) is 5.77. The number of amides is 1. The zero-order valence-electron chi connectivity index (χ0n) is 8.18. The van der Waals surface area contributed by atoms with E-state index in [4.69, 9.17) is 0 Å². The van der Waals surface area contributed by atoms with Crippen molar-refractivity contribution in [3.05, 3.63) is 11.6 Å². The minimum absolute atomic E-state index is 0.0776. The average Bonchev–Trinajstić information content (AvgIpc) is 2.03. The summed E-state index contributed by atoms with van der Waals surface area (Å²) in [5, 5.41) is 2.80. The molecule has 3 heteroatoms.